The second kappa shape index (κ2) is 9.42. The van der Waals surface area contributed by atoms with Gasteiger partial charge in [-0.3, -0.25) is 4.90 Å². The van der Waals surface area contributed by atoms with E-state index in [0.717, 1.165) is 57.3 Å². The van der Waals surface area contributed by atoms with E-state index in [1.165, 1.54) is 5.56 Å². The van der Waals surface area contributed by atoms with Crippen LogP contribution < -0.4 is 10.1 Å². The molecule has 0 aliphatic carbocycles. The third-order valence-corrected chi connectivity index (χ3v) is 4.22. The lowest BCUT2D eigenvalue weighted by molar-refractivity contribution is 0.0384. The van der Waals surface area contributed by atoms with Gasteiger partial charge in [-0.2, -0.15) is 0 Å². The van der Waals surface area contributed by atoms with Crippen molar-refractivity contribution in [1.29, 1.82) is 0 Å². The van der Waals surface area contributed by atoms with Crippen LogP contribution in [0.2, 0.25) is 0 Å². The van der Waals surface area contributed by atoms with E-state index in [0.29, 0.717) is 6.61 Å². The van der Waals surface area contributed by atoms with E-state index in [9.17, 15) is 0 Å². The lowest BCUT2D eigenvalue weighted by Gasteiger charge is -2.26. The summed E-state index contributed by atoms with van der Waals surface area (Å²) in [4.78, 5) is 2.43. The van der Waals surface area contributed by atoms with Gasteiger partial charge in [-0.25, -0.2) is 0 Å². The Bertz CT molecular complexity index is 598. The highest BCUT2D eigenvalue weighted by molar-refractivity contribution is 5.70. The molecule has 4 nitrogen and oxygen atoms in total. The summed E-state index contributed by atoms with van der Waals surface area (Å²) in [5, 5.41) is 3.45. The Hall–Kier alpha value is -1.88. The smallest absolute Gasteiger partial charge is 0.127 e. The molecule has 0 radical (unpaired) electrons. The predicted molar refractivity (Wildman–Crippen MR) is 97.5 cm³/mol. The molecule has 1 heterocycles. The van der Waals surface area contributed by atoms with Crippen LogP contribution in [0.4, 0.5) is 0 Å². The summed E-state index contributed by atoms with van der Waals surface area (Å²) in [6.07, 6.45) is 0. The minimum atomic E-state index is 0.674. The first kappa shape index (κ1) is 17.0. The van der Waals surface area contributed by atoms with Gasteiger partial charge in [0.05, 0.1) is 13.2 Å². The van der Waals surface area contributed by atoms with Crippen molar-refractivity contribution in [2.24, 2.45) is 0 Å². The molecule has 0 spiro atoms. The van der Waals surface area contributed by atoms with Gasteiger partial charge in [0, 0.05) is 38.3 Å². The van der Waals surface area contributed by atoms with Crippen molar-refractivity contribution in [1.82, 2.24) is 10.2 Å². The molecule has 1 N–H and O–H groups in total. The molecule has 0 unspecified atom stereocenters. The largest absolute Gasteiger partial charge is 0.492 e. The Kier molecular flexibility index (Phi) is 6.66. The van der Waals surface area contributed by atoms with Crippen LogP contribution in [0.5, 0.6) is 5.75 Å². The van der Waals surface area contributed by atoms with Crippen LogP contribution in [0, 0.1) is 0 Å². The van der Waals surface area contributed by atoms with E-state index in [1.807, 2.05) is 18.2 Å². The summed E-state index contributed by atoms with van der Waals surface area (Å²) in [6.45, 7) is 7.40. The van der Waals surface area contributed by atoms with Gasteiger partial charge >= 0.3 is 0 Å². The zero-order valence-electron chi connectivity index (χ0n) is 14.1. The van der Waals surface area contributed by atoms with E-state index >= 15 is 0 Å². The summed E-state index contributed by atoms with van der Waals surface area (Å²) in [5.74, 6) is 0.943. The number of benzene rings is 2. The van der Waals surface area contributed by atoms with Crippen molar-refractivity contribution < 1.29 is 9.47 Å². The van der Waals surface area contributed by atoms with Crippen molar-refractivity contribution in [3.05, 3.63) is 54.6 Å². The minimum absolute atomic E-state index is 0.674. The maximum absolute atomic E-state index is 5.99. The molecule has 1 fully saturated rings. The van der Waals surface area contributed by atoms with Crippen molar-refractivity contribution in [2.75, 3.05) is 52.5 Å². The molecule has 3 rings (SSSR count). The van der Waals surface area contributed by atoms with Gasteiger partial charge in [-0.1, -0.05) is 48.5 Å². The average molecular weight is 326 g/mol. The molecule has 2 aromatic carbocycles. The first-order valence-corrected chi connectivity index (χ1v) is 8.71. The summed E-state index contributed by atoms with van der Waals surface area (Å²) in [5.41, 5.74) is 2.33. The molecule has 0 aromatic heterocycles. The topological polar surface area (TPSA) is 33.7 Å². The molecule has 4 heteroatoms. The van der Waals surface area contributed by atoms with Crippen LogP contribution in [-0.2, 0) is 4.74 Å². The number of hydrogen-bond acceptors (Lipinski definition) is 4. The first-order valence-electron chi connectivity index (χ1n) is 8.71. The van der Waals surface area contributed by atoms with E-state index in [2.05, 4.69) is 46.6 Å². The second-order valence-corrected chi connectivity index (χ2v) is 5.91. The maximum Gasteiger partial charge on any atom is 0.127 e. The zero-order chi connectivity index (χ0) is 16.5. The number of nitrogens with zero attached hydrogens (tertiary/aromatic N) is 1. The SMILES string of the molecule is c1ccc(-c2ccccc2OCCNCCN2CCOCC2)cc1. The van der Waals surface area contributed by atoms with Crippen LogP contribution in [0.15, 0.2) is 54.6 Å². The molecule has 1 aliphatic heterocycles. The predicted octanol–water partition coefficient (Wildman–Crippen LogP) is 2.65. The highest BCUT2D eigenvalue weighted by atomic mass is 16.5. The van der Waals surface area contributed by atoms with Crippen molar-refractivity contribution >= 4 is 0 Å². The third kappa shape index (κ3) is 5.06. The maximum atomic E-state index is 5.99. The number of morpholine rings is 1. The van der Waals surface area contributed by atoms with Gasteiger partial charge in [0.1, 0.15) is 12.4 Å². The summed E-state index contributed by atoms with van der Waals surface area (Å²) < 4.78 is 11.3. The summed E-state index contributed by atoms with van der Waals surface area (Å²) in [6, 6.07) is 18.6. The molecule has 128 valence electrons. The monoisotopic (exact) mass is 326 g/mol. The molecule has 0 saturated carbocycles. The second-order valence-electron chi connectivity index (χ2n) is 5.91. The summed E-state index contributed by atoms with van der Waals surface area (Å²) >= 11 is 0. The third-order valence-electron chi connectivity index (χ3n) is 4.22. The molecular formula is C20H26N2O2. The Morgan fingerprint density at radius 3 is 2.50 bits per heavy atom. The normalized spacial score (nSPS) is 15.3. The molecule has 1 saturated heterocycles. The van der Waals surface area contributed by atoms with Crippen LogP contribution in [0.25, 0.3) is 11.1 Å². The summed E-state index contributed by atoms with van der Waals surface area (Å²) in [7, 11) is 0. The lowest BCUT2D eigenvalue weighted by atomic mass is 10.1. The van der Waals surface area contributed by atoms with Crippen LogP contribution in [0.1, 0.15) is 0 Å². The van der Waals surface area contributed by atoms with E-state index in [1.54, 1.807) is 0 Å². The van der Waals surface area contributed by atoms with E-state index in [4.69, 9.17) is 9.47 Å². The van der Waals surface area contributed by atoms with Crippen LogP contribution in [-0.4, -0.2) is 57.4 Å². The first-order chi connectivity index (χ1) is 11.9. The fraction of sp³-hybridized carbons (Fsp3) is 0.400. The van der Waals surface area contributed by atoms with Gasteiger partial charge in [0.25, 0.3) is 0 Å². The number of hydrogen-bond donors (Lipinski definition) is 1. The molecular weight excluding hydrogens is 300 g/mol. The number of ether oxygens (including phenoxy) is 2. The Balaban J connectivity index is 1.41. The molecule has 2 aromatic rings. The van der Waals surface area contributed by atoms with Crippen molar-refractivity contribution in [3.8, 4) is 16.9 Å². The molecule has 24 heavy (non-hydrogen) atoms. The van der Waals surface area contributed by atoms with Crippen molar-refractivity contribution in [2.45, 2.75) is 0 Å². The van der Waals surface area contributed by atoms with E-state index in [-0.39, 0.29) is 0 Å². The van der Waals surface area contributed by atoms with Gasteiger partial charge in [0.2, 0.25) is 0 Å². The Morgan fingerprint density at radius 2 is 1.67 bits per heavy atom. The number of rotatable bonds is 8. The van der Waals surface area contributed by atoms with Crippen LogP contribution >= 0.6 is 0 Å². The molecule has 0 bridgehead atoms. The minimum Gasteiger partial charge on any atom is -0.492 e. The highest BCUT2D eigenvalue weighted by Crippen LogP contribution is 2.29. The number of para-hydroxylation sites is 1. The van der Waals surface area contributed by atoms with Crippen molar-refractivity contribution in [3.63, 3.8) is 0 Å². The molecule has 0 amide bonds. The fourth-order valence-electron chi connectivity index (χ4n) is 2.87. The Labute approximate surface area is 144 Å². The van der Waals surface area contributed by atoms with Gasteiger partial charge in [-0.05, 0) is 11.6 Å². The lowest BCUT2D eigenvalue weighted by Crippen LogP contribution is -2.40. The highest BCUT2D eigenvalue weighted by Gasteiger charge is 2.09. The molecule has 0 atom stereocenters. The zero-order valence-corrected chi connectivity index (χ0v) is 14.1. The fourth-order valence-corrected chi connectivity index (χ4v) is 2.87. The van der Waals surface area contributed by atoms with Gasteiger partial charge in [-0.15, -0.1) is 0 Å². The Morgan fingerprint density at radius 1 is 0.917 bits per heavy atom. The van der Waals surface area contributed by atoms with E-state index < -0.39 is 0 Å². The number of nitrogens with one attached hydrogen (secondary N) is 1. The van der Waals surface area contributed by atoms with Gasteiger partial charge < -0.3 is 14.8 Å². The molecule has 1 aliphatic rings. The van der Waals surface area contributed by atoms with Gasteiger partial charge in [0.15, 0.2) is 0 Å². The average Bonchev–Trinajstić information content (AvgIpc) is 2.66. The van der Waals surface area contributed by atoms with Crippen LogP contribution in [0.3, 0.4) is 0 Å². The standard InChI is InChI=1S/C20H26N2O2/c1-2-6-18(7-3-1)19-8-4-5-9-20(19)24-15-11-21-10-12-22-13-16-23-17-14-22/h1-9,21H,10-17H2. The quantitative estimate of drug-likeness (QED) is 0.756.